The molecular weight excluding hydrogens is 270 g/mol. The second-order valence-corrected chi connectivity index (χ2v) is 4.29. The summed E-state index contributed by atoms with van der Waals surface area (Å²) in [6.07, 6.45) is 0.707. The zero-order valence-electron chi connectivity index (χ0n) is 7.61. The molecule has 0 amide bonds. The summed E-state index contributed by atoms with van der Waals surface area (Å²) in [6.45, 7) is 1.48. The molecule has 0 unspecified atom stereocenters. The maximum atomic E-state index is 13.4. The third-order valence-corrected chi connectivity index (χ3v) is 2.90. The molecule has 0 fully saturated rings. The molecule has 0 bridgehead atoms. The maximum absolute atomic E-state index is 13.4. The van der Waals surface area contributed by atoms with Crippen LogP contribution < -0.4 is 0 Å². The average Bonchev–Trinajstić information content (AvgIpc) is 2.11. The van der Waals surface area contributed by atoms with Gasteiger partial charge in [0.25, 0.3) is 0 Å². The number of carbonyl (C=O) groups is 1. The van der Waals surface area contributed by atoms with Gasteiger partial charge < -0.3 is 4.79 Å². The van der Waals surface area contributed by atoms with E-state index in [0.717, 1.165) is 0 Å². The Kier molecular flexibility index (Phi) is 4.08. The van der Waals surface area contributed by atoms with Gasteiger partial charge in [-0.25, -0.2) is 4.39 Å². The minimum atomic E-state index is -0.442. The van der Waals surface area contributed by atoms with Gasteiger partial charge in [-0.15, -0.1) is 0 Å². The quantitative estimate of drug-likeness (QED) is 0.770. The van der Waals surface area contributed by atoms with E-state index in [1.807, 2.05) is 0 Å². The zero-order valence-corrected chi connectivity index (χ0v) is 9.95. The largest absolute Gasteiger partial charge is 0.300 e. The van der Waals surface area contributed by atoms with E-state index in [0.29, 0.717) is 22.9 Å². The fourth-order valence-corrected chi connectivity index (χ4v) is 1.78. The Balaban J connectivity index is 2.95. The van der Waals surface area contributed by atoms with E-state index in [-0.39, 0.29) is 10.8 Å². The second-order valence-electron chi connectivity index (χ2n) is 3.02. The Bertz CT molecular complexity index is 365. The van der Waals surface area contributed by atoms with Gasteiger partial charge in [0.15, 0.2) is 0 Å². The van der Waals surface area contributed by atoms with Crippen molar-refractivity contribution in [3.8, 4) is 0 Å². The van der Waals surface area contributed by atoms with Crippen molar-refractivity contribution in [2.75, 3.05) is 0 Å². The summed E-state index contributed by atoms with van der Waals surface area (Å²) in [7, 11) is 0. The Hall–Kier alpha value is -0.410. The lowest BCUT2D eigenvalue weighted by atomic mass is 10.1. The Morgan fingerprint density at radius 2 is 2.21 bits per heavy atom. The highest BCUT2D eigenvalue weighted by atomic mass is 79.9. The lowest BCUT2D eigenvalue weighted by Crippen LogP contribution is -1.98. The molecule has 0 aromatic heterocycles. The molecule has 1 nitrogen and oxygen atoms in total. The van der Waals surface area contributed by atoms with Gasteiger partial charge in [-0.2, -0.15) is 0 Å². The van der Waals surface area contributed by atoms with Crippen LogP contribution in [0.5, 0.6) is 0 Å². The van der Waals surface area contributed by atoms with Gasteiger partial charge in [-0.1, -0.05) is 27.5 Å². The van der Waals surface area contributed by atoms with Crippen LogP contribution in [0.15, 0.2) is 16.6 Å². The summed E-state index contributed by atoms with van der Waals surface area (Å²) in [4.78, 5) is 10.8. The topological polar surface area (TPSA) is 17.1 Å². The van der Waals surface area contributed by atoms with Crippen LogP contribution in [0.25, 0.3) is 0 Å². The summed E-state index contributed by atoms with van der Waals surface area (Å²) in [6, 6.07) is 3.17. The average molecular weight is 280 g/mol. The third kappa shape index (κ3) is 2.79. The van der Waals surface area contributed by atoms with Gasteiger partial charge in [0.05, 0.1) is 5.02 Å². The van der Waals surface area contributed by atoms with Crippen LogP contribution in [-0.2, 0) is 11.2 Å². The molecule has 14 heavy (non-hydrogen) atoms. The van der Waals surface area contributed by atoms with Crippen LogP contribution >= 0.6 is 27.5 Å². The highest BCUT2D eigenvalue weighted by molar-refractivity contribution is 9.10. The molecule has 0 N–H and O–H groups in total. The van der Waals surface area contributed by atoms with E-state index in [9.17, 15) is 9.18 Å². The molecule has 0 spiro atoms. The SMILES string of the molecule is CC(=O)CCc1c(Br)ccc(Cl)c1F. The Morgan fingerprint density at radius 3 is 2.79 bits per heavy atom. The lowest BCUT2D eigenvalue weighted by molar-refractivity contribution is -0.116. The highest BCUT2D eigenvalue weighted by Gasteiger charge is 2.11. The molecule has 0 heterocycles. The van der Waals surface area contributed by atoms with Crippen molar-refractivity contribution in [1.82, 2.24) is 0 Å². The fraction of sp³-hybridized carbons (Fsp3) is 0.300. The fourth-order valence-electron chi connectivity index (χ4n) is 1.10. The number of carbonyl (C=O) groups excluding carboxylic acids is 1. The zero-order chi connectivity index (χ0) is 10.7. The van der Waals surface area contributed by atoms with Crippen molar-refractivity contribution in [3.05, 3.63) is 33.0 Å². The molecule has 0 saturated carbocycles. The first-order valence-electron chi connectivity index (χ1n) is 4.14. The number of hydrogen-bond acceptors (Lipinski definition) is 1. The van der Waals surface area contributed by atoms with Crippen LogP contribution in [0.2, 0.25) is 5.02 Å². The highest BCUT2D eigenvalue weighted by Crippen LogP contribution is 2.26. The molecule has 4 heteroatoms. The first-order valence-corrected chi connectivity index (χ1v) is 5.31. The van der Waals surface area contributed by atoms with Crippen LogP contribution in [0.3, 0.4) is 0 Å². The van der Waals surface area contributed by atoms with Crippen molar-refractivity contribution in [2.24, 2.45) is 0 Å². The Morgan fingerprint density at radius 1 is 1.57 bits per heavy atom. The van der Waals surface area contributed by atoms with E-state index < -0.39 is 5.82 Å². The van der Waals surface area contributed by atoms with Gasteiger partial charge in [0.1, 0.15) is 11.6 Å². The minimum absolute atomic E-state index is 0.0382. The smallest absolute Gasteiger partial charge is 0.146 e. The molecule has 1 aromatic carbocycles. The number of rotatable bonds is 3. The van der Waals surface area contributed by atoms with Crippen molar-refractivity contribution in [2.45, 2.75) is 19.8 Å². The number of Topliss-reactive ketones (excluding diaryl/α,β-unsaturated/α-hetero) is 1. The van der Waals surface area contributed by atoms with E-state index in [4.69, 9.17) is 11.6 Å². The molecule has 0 aliphatic rings. The van der Waals surface area contributed by atoms with Crippen LogP contribution in [0.1, 0.15) is 18.9 Å². The monoisotopic (exact) mass is 278 g/mol. The molecule has 0 atom stereocenters. The van der Waals surface area contributed by atoms with Crippen LogP contribution in [0, 0.1) is 5.82 Å². The molecular formula is C10H9BrClFO. The predicted molar refractivity (Wildman–Crippen MR) is 58.1 cm³/mol. The van der Waals surface area contributed by atoms with E-state index in [1.165, 1.54) is 13.0 Å². The molecule has 0 aliphatic heterocycles. The van der Waals surface area contributed by atoms with E-state index >= 15 is 0 Å². The summed E-state index contributed by atoms with van der Waals surface area (Å²) in [5.74, 6) is -0.404. The van der Waals surface area contributed by atoms with E-state index in [2.05, 4.69) is 15.9 Å². The third-order valence-electron chi connectivity index (χ3n) is 1.87. The standard InChI is InChI=1S/C10H9BrClFO/c1-6(14)2-3-7-8(11)4-5-9(12)10(7)13/h4-5H,2-3H2,1H3. The molecule has 0 radical (unpaired) electrons. The number of benzene rings is 1. The second kappa shape index (κ2) is 4.89. The van der Waals surface area contributed by atoms with Crippen molar-refractivity contribution in [3.63, 3.8) is 0 Å². The van der Waals surface area contributed by atoms with Gasteiger partial charge in [0.2, 0.25) is 0 Å². The lowest BCUT2D eigenvalue weighted by Gasteiger charge is -2.05. The Labute approximate surface area is 95.4 Å². The number of ketones is 1. The number of halogens is 3. The van der Waals surface area contributed by atoms with Crippen molar-refractivity contribution >= 4 is 33.3 Å². The summed E-state index contributed by atoms with van der Waals surface area (Å²) >= 11 is 8.84. The summed E-state index contributed by atoms with van der Waals surface area (Å²) in [5.41, 5.74) is 0.465. The van der Waals surface area contributed by atoms with Crippen molar-refractivity contribution < 1.29 is 9.18 Å². The first-order chi connectivity index (χ1) is 6.52. The van der Waals surface area contributed by atoms with Crippen LogP contribution in [-0.4, -0.2) is 5.78 Å². The predicted octanol–water partition coefficient (Wildman–Crippen LogP) is 3.76. The maximum Gasteiger partial charge on any atom is 0.146 e. The van der Waals surface area contributed by atoms with Crippen LogP contribution in [0.4, 0.5) is 4.39 Å². The number of hydrogen-bond donors (Lipinski definition) is 0. The molecule has 1 aromatic rings. The first kappa shape index (κ1) is 11.7. The molecule has 76 valence electrons. The van der Waals surface area contributed by atoms with Crippen molar-refractivity contribution in [1.29, 1.82) is 0 Å². The van der Waals surface area contributed by atoms with Gasteiger partial charge in [-0.3, -0.25) is 0 Å². The van der Waals surface area contributed by atoms with Gasteiger partial charge in [-0.05, 0) is 25.5 Å². The van der Waals surface area contributed by atoms with E-state index in [1.54, 1.807) is 6.07 Å². The normalized spacial score (nSPS) is 10.3. The molecule has 0 saturated heterocycles. The minimum Gasteiger partial charge on any atom is -0.300 e. The molecule has 0 aliphatic carbocycles. The summed E-state index contributed by atoms with van der Waals surface area (Å²) in [5, 5.41) is 0.0896. The van der Waals surface area contributed by atoms with Gasteiger partial charge in [0, 0.05) is 16.5 Å². The molecule has 1 rings (SSSR count). The van der Waals surface area contributed by atoms with Gasteiger partial charge >= 0.3 is 0 Å². The summed E-state index contributed by atoms with van der Waals surface area (Å²) < 4.78 is 14.1.